The van der Waals surface area contributed by atoms with E-state index in [1.807, 2.05) is 25.2 Å². The summed E-state index contributed by atoms with van der Waals surface area (Å²) >= 11 is 1.62. The summed E-state index contributed by atoms with van der Waals surface area (Å²) in [7, 11) is 0. The molecule has 0 atom stereocenters. The highest BCUT2D eigenvalue weighted by Crippen LogP contribution is 2.28. The summed E-state index contributed by atoms with van der Waals surface area (Å²) < 4.78 is 0. The van der Waals surface area contributed by atoms with Crippen LogP contribution in [-0.4, -0.2) is 0 Å². The molecule has 1 rings (SSSR count). The Labute approximate surface area is 77.7 Å². The average Bonchev–Trinajstić information content (AvgIpc) is 2.16. The maximum Gasteiger partial charge on any atom is 0.0418 e. The van der Waals surface area contributed by atoms with Crippen molar-refractivity contribution >= 4 is 11.8 Å². The molecule has 0 unspecified atom stereocenters. The Morgan fingerprint density at radius 1 is 1.67 bits per heavy atom. The van der Waals surface area contributed by atoms with Gasteiger partial charge in [0.25, 0.3) is 0 Å². The van der Waals surface area contributed by atoms with E-state index < -0.39 is 0 Å². The molecule has 0 aromatic carbocycles. The molecule has 0 amide bonds. The van der Waals surface area contributed by atoms with Crippen molar-refractivity contribution in [3.63, 3.8) is 0 Å². The molecular formula is C10H13NS. The lowest BCUT2D eigenvalue weighted by Gasteiger charge is -2.04. The van der Waals surface area contributed by atoms with Crippen molar-refractivity contribution in [3.05, 3.63) is 46.4 Å². The Bertz CT molecular complexity index is 272. The highest BCUT2D eigenvalue weighted by atomic mass is 32.2. The Morgan fingerprint density at radius 3 is 3.08 bits per heavy atom. The second-order valence-electron chi connectivity index (χ2n) is 2.66. The molecule has 0 fully saturated rings. The molecule has 12 heavy (non-hydrogen) atoms. The van der Waals surface area contributed by atoms with Crippen molar-refractivity contribution in [2.75, 3.05) is 0 Å². The molecule has 0 bridgehead atoms. The maximum absolute atomic E-state index is 5.82. The molecule has 1 aliphatic rings. The topological polar surface area (TPSA) is 26.0 Å². The van der Waals surface area contributed by atoms with Crippen molar-refractivity contribution in [2.24, 2.45) is 5.73 Å². The van der Waals surface area contributed by atoms with Crippen LogP contribution in [0.15, 0.2) is 46.4 Å². The van der Waals surface area contributed by atoms with Gasteiger partial charge >= 0.3 is 0 Å². The SMILES string of the molecule is C=C(C)SC1=CC=CCC=C1N. The van der Waals surface area contributed by atoms with Gasteiger partial charge in [-0.3, -0.25) is 0 Å². The predicted molar refractivity (Wildman–Crippen MR) is 56.5 cm³/mol. The predicted octanol–water partition coefficient (Wildman–Crippen LogP) is 2.94. The normalized spacial score (nSPS) is 16.4. The van der Waals surface area contributed by atoms with Gasteiger partial charge in [0.1, 0.15) is 0 Å². The Kier molecular flexibility index (Phi) is 3.23. The van der Waals surface area contributed by atoms with E-state index in [0.717, 1.165) is 21.9 Å². The average molecular weight is 179 g/mol. The molecule has 0 aliphatic heterocycles. The molecule has 0 aromatic heterocycles. The van der Waals surface area contributed by atoms with Crippen LogP contribution in [0.3, 0.4) is 0 Å². The summed E-state index contributed by atoms with van der Waals surface area (Å²) in [4.78, 5) is 2.16. The van der Waals surface area contributed by atoms with E-state index in [1.165, 1.54) is 0 Å². The fourth-order valence-corrected chi connectivity index (χ4v) is 1.63. The first-order valence-corrected chi connectivity index (χ1v) is 4.68. The van der Waals surface area contributed by atoms with Crippen LogP contribution < -0.4 is 5.73 Å². The highest BCUT2D eigenvalue weighted by molar-refractivity contribution is 8.06. The van der Waals surface area contributed by atoms with Crippen LogP contribution in [0.5, 0.6) is 0 Å². The monoisotopic (exact) mass is 179 g/mol. The highest BCUT2D eigenvalue weighted by Gasteiger charge is 2.02. The third kappa shape index (κ3) is 2.62. The number of allylic oxidation sites excluding steroid dienone is 5. The first-order chi connectivity index (χ1) is 5.70. The summed E-state index contributed by atoms with van der Waals surface area (Å²) in [5.41, 5.74) is 6.67. The Morgan fingerprint density at radius 2 is 2.42 bits per heavy atom. The third-order valence-corrected chi connectivity index (χ3v) is 2.37. The van der Waals surface area contributed by atoms with Crippen LogP contribution in [0.25, 0.3) is 0 Å². The van der Waals surface area contributed by atoms with Gasteiger partial charge in [-0.2, -0.15) is 0 Å². The lowest BCUT2D eigenvalue weighted by atomic mass is 10.3. The van der Waals surface area contributed by atoms with Gasteiger partial charge in [-0.15, -0.1) is 0 Å². The zero-order valence-electron chi connectivity index (χ0n) is 7.21. The zero-order chi connectivity index (χ0) is 8.97. The summed E-state index contributed by atoms with van der Waals surface area (Å²) in [6.07, 6.45) is 9.08. The van der Waals surface area contributed by atoms with E-state index in [2.05, 4.69) is 12.7 Å². The number of rotatable bonds is 2. The van der Waals surface area contributed by atoms with E-state index in [9.17, 15) is 0 Å². The number of thioether (sulfide) groups is 1. The third-order valence-electron chi connectivity index (χ3n) is 1.43. The molecule has 0 radical (unpaired) electrons. The molecule has 1 aliphatic carbocycles. The molecule has 0 saturated heterocycles. The minimum atomic E-state index is 0.855. The van der Waals surface area contributed by atoms with Crippen LogP contribution in [-0.2, 0) is 0 Å². The minimum Gasteiger partial charge on any atom is -0.398 e. The van der Waals surface area contributed by atoms with Crippen LogP contribution in [0, 0.1) is 0 Å². The summed E-state index contributed by atoms with van der Waals surface area (Å²) in [5, 5.41) is 0. The fraction of sp³-hybridized carbons (Fsp3) is 0.200. The Hall–Kier alpha value is -0.890. The lowest BCUT2D eigenvalue weighted by molar-refractivity contribution is 1.31. The molecule has 1 nitrogen and oxygen atoms in total. The summed E-state index contributed by atoms with van der Waals surface area (Å²) in [6.45, 7) is 5.81. The van der Waals surface area contributed by atoms with Gasteiger partial charge in [0, 0.05) is 10.6 Å². The Balaban J connectivity index is 2.78. The number of hydrogen-bond acceptors (Lipinski definition) is 2. The molecule has 0 spiro atoms. The van der Waals surface area contributed by atoms with Crippen LogP contribution in [0.4, 0.5) is 0 Å². The maximum atomic E-state index is 5.82. The van der Waals surface area contributed by atoms with Gasteiger partial charge < -0.3 is 5.73 Å². The van der Waals surface area contributed by atoms with Crippen LogP contribution >= 0.6 is 11.8 Å². The quantitative estimate of drug-likeness (QED) is 0.705. The summed E-state index contributed by atoms with van der Waals surface area (Å²) in [6, 6.07) is 0. The molecule has 0 saturated carbocycles. The van der Waals surface area contributed by atoms with Gasteiger partial charge in [0.15, 0.2) is 0 Å². The van der Waals surface area contributed by atoms with E-state index in [-0.39, 0.29) is 0 Å². The molecule has 2 heteroatoms. The summed E-state index contributed by atoms with van der Waals surface area (Å²) in [5.74, 6) is 0. The van der Waals surface area contributed by atoms with Gasteiger partial charge in [-0.1, -0.05) is 36.6 Å². The van der Waals surface area contributed by atoms with E-state index >= 15 is 0 Å². The van der Waals surface area contributed by atoms with Crippen LogP contribution in [0.2, 0.25) is 0 Å². The first-order valence-electron chi connectivity index (χ1n) is 3.86. The second-order valence-corrected chi connectivity index (χ2v) is 4.00. The molecule has 0 heterocycles. The van der Waals surface area contributed by atoms with Crippen molar-refractivity contribution in [1.82, 2.24) is 0 Å². The van der Waals surface area contributed by atoms with E-state index in [4.69, 9.17) is 5.73 Å². The van der Waals surface area contributed by atoms with Gasteiger partial charge in [0.2, 0.25) is 0 Å². The largest absolute Gasteiger partial charge is 0.398 e. The molecule has 2 N–H and O–H groups in total. The fourth-order valence-electron chi connectivity index (χ4n) is 0.906. The lowest BCUT2D eigenvalue weighted by Crippen LogP contribution is -1.97. The molecule has 0 aromatic rings. The van der Waals surface area contributed by atoms with Crippen molar-refractivity contribution in [2.45, 2.75) is 13.3 Å². The van der Waals surface area contributed by atoms with E-state index in [0.29, 0.717) is 0 Å². The number of hydrogen-bond donors (Lipinski definition) is 1. The number of nitrogens with two attached hydrogens (primary N) is 1. The zero-order valence-corrected chi connectivity index (χ0v) is 8.03. The van der Waals surface area contributed by atoms with Gasteiger partial charge in [-0.05, 0) is 24.3 Å². The molecular weight excluding hydrogens is 166 g/mol. The molecule has 64 valence electrons. The van der Waals surface area contributed by atoms with Crippen molar-refractivity contribution < 1.29 is 0 Å². The van der Waals surface area contributed by atoms with Crippen molar-refractivity contribution in [3.8, 4) is 0 Å². The minimum absolute atomic E-state index is 0.855. The van der Waals surface area contributed by atoms with Crippen LogP contribution in [0.1, 0.15) is 13.3 Å². The van der Waals surface area contributed by atoms with E-state index in [1.54, 1.807) is 11.8 Å². The second kappa shape index (κ2) is 4.21. The standard InChI is InChI=1S/C10H13NS/c1-8(2)12-10-7-5-3-4-6-9(10)11/h3,5-7H,1,4,11H2,2H3. The first kappa shape index (κ1) is 9.20. The van der Waals surface area contributed by atoms with Gasteiger partial charge in [0.05, 0.1) is 0 Å². The smallest absolute Gasteiger partial charge is 0.0418 e. The van der Waals surface area contributed by atoms with Crippen molar-refractivity contribution in [1.29, 1.82) is 0 Å². The van der Waals surface area contributed by atoms with Gasteiger partial charge in [-0.25, -0.2) is 0 Å².